The van der Waals surface area contributed by atoms with Gasteiger partial charge in [0.1, 0.15) is 5.69 Å². The average molecular weight is 245 g/mol. The molecule has 1 aromatic heterocycles. The maximum absolute atomic E-state index is 12.1. The van der Waals surface area contributed by atoms with Crippen molar-refractivity contribution < 1.29 is 4.79 Å². The van der Waals surface area contributed by atoms with E-state index in [1.54, 1.807) is 24.0 Å². The number of nitrogens with two attached hydrogens (primary N) is 1. The molecule has 1 aliphatic rings. The zero-order chi connectivity index (χ0) is 10.8. The normalized spacial score (nSPS) is 19.6. The van der Waals surface area contributed by atoms with Crippen molar-refractivity contribution in [3.63, 3.8) is 0 Å². The third-order valence-electron chi connectivity index (χ3n) is 2.95. The van der Waals surface area contributed by atoms with Gasteiger partial charge in [0.15, 0.2) is 0 Å². The number of hydrogen-bond acceptors (Lipinski definition) is 3. The number of amides is 1. The molecule has 1 saturated heterocycles. The molecule has 16 heavy (non-hydrogen) atoms. The zero-order valence-electron chi connectivity index (χ0n) is 9.30. The minimum atomic E-state index is 0. The van der Waals surface area contributed by atoms with Gasteiger partial charge in [0.25, 0.3) is 5.91 Å². The van der Waals surface area contributed by atoms with Crippen LogP contribution in [0.3, 0.4) is 0 Å². The van der Waals surface area contributed by atoms with Crippen molar-refractivity contribution >= 4 is 18.3 Å². The fraction of sp³-hybridized carbons (Fsp3) is 0.600. The third kappa shape index (κ3) is 2.20. The summed E-state index contributed by atoms with van der Waals surface area (Å²) in [5.74, 6) is 0.0444. The lowest BCUT2D eigenvalue weighted by Crippen LogP contribution is -2.40. The summed E-state index contributed by atoms with van der Waals surface area (Å²) >= 11 is 0. The highest BCUT2D eigenvalue weighted by atomic mass is 35.5. The minimum absolute atomic E-state index is 0. The van der Waals surface area contributed by atoms with E-state index in [4.69, 9.17) is 5.73 Å². The second kappa shape index (κ2) is 5.32. The van der Waals surface area contributed by atoms with Crippen LogP contribution in [0.2, 0.25) is 0 Å². The zero-order valence-corrected chi connectivity index (χ0v) is 10.1. The highest BCUT2D eigenvalue weighted by Crippen LogP contribution is 2.18. The predicted octanol–water partition coefficient (Wildman–Crippen LogP) is 0.405. The van der Waals surface area contributed by atoms with Gasteiger partial charge in [-0.15, -0.1) is 12.4 Å². The molecule has 1 amide bonds. The van der Waals surface area contributed by atoms with Crippen molar-refractivity contribution in [2.75, 3.05) is 13.1 Å². The SMILES string of the molecule is Cl.Cn1nccc1C(=O)N1CCCC1CN. The van der Waals surface area contributed by atoms with E-state index in [1.807, 2.05) is 4.90 Å². The Labute approximate surface area is 101 Å². The van der Waals surface area contributed by atoms with Gasteiger partial charge >= 0.3 is 0 Å². The second-order valence-electron chi connectivity index (χ2n) is 3.87. The molecule has 0 bridgehead atoms. The van der Waals surface area contributed by atoms with E-state index >= 15 is 0 Å². The summed E-state index contributed by atoms with van der Waals surface area (Å²) in [6.07, 6.45) is 3.70. The standard InChI is InChI=1S/C10H16N4O.ClH/c1-13-9(4-5-12-13)10(15)14-6-2-3-8(14)7-11;/h4-5,8H,2-3,6-7,11H2,1H3;1H. The van der Waals surface area contributed by atoms with Crippen molar-refractivity contribution in [3.8, 4) is 0 Å². The summed E-state index contributed by atoms with van der Waals surface area (Å²) in [7, 11) is 1.78. The van der Waals surface area contributed by atoms with Gasteiger partial charge in [-0.25, -0.2) is 0 Å². The molecule has 90 valence electrons. The lowest BCUT2D eigenvalue weighted by atomic mass is 10.2. The smallest absolute Gasteiger partial charge is 0.272 e. The summed E-state index contributed by atoms with van der Waals surface area (Å²) in [5.41, 5.74) is 6.27. The van der Waals surface area contributed by atoms with E-state index in [-0.39, 0.29) is 24.4 Å². The lowest BCUT2D eigenvalue weighted by Gasteiger charge is -2.23. The van der Waals surface area contributed by atoms with Crippen LogP contribution in [0, 0.1) is 0 Å². The quantitative estimate of drug-likeness (QED) is 0.820. The van der Waals surface area contributed by atoms with Gasteiger partial charge in [0, 0.05) is 32.4 Å². The lowest BCUT2D eigenvalue weighted by molar-refractivity contribution is 0.0730. The Morgan fingerprint density at radius 2 is 2.44 bits per heavy atom. The molecule has 1 aromatic rings. The Hall–Kier alpha value is -1.07. The summed E-state index contributed by atoms with van der Waals surface area (Å²) in [6.45, 7) is 1.36. The molecule has 0 aromatic carbocycles. The van der Waals surface area contributed by atoms with Gasteiger partial charge in [-0.2, -0.15) is 5.10 Å². The van der Waals surface area contributed by atoms with Gasteiger partial charge < -0.3 is 10.6 Å². The number of nitrogens with zero attached hydrogens (tertiary/aromatic N) is 3. The summed E-state index contributed by atoms with van der Waals surface area (Å²) < 4.78 is 1.61. The molecule has 1 fully saturated rings. The number of halogens is 1. The van der Waals surface area contributed by atoms with Gasteiger partial charge in [-0.3, -0.25) is 9.48 Å². The van der Waals surface area contributed by atoms with Crippen molar-refractivity contribution in [2.24, 2.45) is 12.8 Å². The molecule has 2 heterocycles. The van der Waals surface area contributed by atoms with Crippen LogP contribution < -0.4 is 5.73 Å². The Kier molecular flexibility index (Phi) is 4.32. The van der Waals surface area contributed by atoms with Gasteiger partial charge in [-0.05, 0) is 18.9 Å². The number of rotatable bonds is 2. The van der Waals surface area contributed by atoms with E-state index in [9.17, 15) is 4.79 Å². The van der Waals surface area contributed by atoms with Gasteiger partial charge in [0.2, 0.25) is 0 Å². The average Bonchev–Trinajstić information content (AvgIpc) is 2.84. The van der Waals surface area contributed by atoms with Gasteiger partial charge in [0.05, 0.1) is 0 Å². The first-order valence-electron chi connectivity index (χ1n) is 5.23. The van der Waals surface area contributed by atoms with Crippen molar-refractivity contribution in [1.29, 1.82) is 0 Å². The number of aromatic nitrogens is 2. The predicted molar refractivity (Wildman–Crippen MR) is 63.6 cm³/mol. The number of likely N-dealkylation sites (tertiary alicyclic amines) is 1. The number of aryl methyl sites for hydroxylation is 1. The number of carbonyl (C=O) groups is 1. The molecular formula is C10H17ClN4O. The minimum Gasteiger partial charge on any atom is -0.333 e. The largest absolute Gasteiger partial charge is 0.333 e. The van der Waals surface area contributed by atoms with E-state index < -0.39 is 0 Å². The fourth-order valence-corrected chi connectivity index (χ4v) is 2.08. The van der Waals surface area contributed by atoms with Crippen LogP contribution in [0.1, 0.15) is 23.3 Å². The molecule has 1 aliphatic heterocycles. The first-order valence-corrected chi connectivity index (χ1v) is 5.23. The summed E-state index contributed by atoms with van der Waals surface area (Å²) in [4.78, 5) is 14.0. The van der Waals surface area contributed by atoms with Crippen LogP contribution >= 0.6 is 12.4 Å². The van der Waals surface area contributed by atoms with E-state index in [1.165, 1.54) is 0 Å². The molecular weight excluding hydrogens is 228 g/mol. The second-order valence-corrected chi connectivity index (χ2v) is 3.87. The molecule has 0 radical (unpaired) electrons. The molecule has 0 spiro atoms. The third-order valence-corrected chi connectivity index (χ3v) is 2.95. The molecule has 1 unspecified atom stereocenters. The fourth-order valence-electron chi connectivity index (χ4n) is 2.08. The van der Waals surface area contributed by atoms with Crippen LogP contribution in [0.5, 0.6) is 0 Å². The first-order chi connectivity index (χ1) is 7.24. The van der Waals surface area contributed by atoms with Crippen molar-refractivity contribution in [2.45, 2.75) is 18.9 Å². The molecule has 1 atom stereocenters. The number of hydrogen-bond donors (Lipinski definition) is 1. The Morgan fingerprint density at radius 1 is 1.69 bits per heavy atom. The van der Waals surface area contributed by atoms with E-state index in [0.717, 1.165) is 19.4 Å². The summed E-state index contributed by atoms with van der Waals surface area (Å²) in [5, 5.41) is 4.00. The Bertz CT molecular complexity index is 365. The van der Waals surface area contributed by atoms with Crippen LogP contribution in [-0.4, -0.2) is 39.7 Å². The number of carbonyl (C=O) groups excluding carboxylic acids is 1. The van der Waals surface area contributed by atoms with Crippen molar-refractivity contribution in [3.05, 3.63) is 18.0 Å². The molecule has 0 saturated carbocycles. The Balaban J connectivity index is 0.00000128. The molecule has 2 rings (SSSR count). The maximum atomic E-state index is 12.1. The van der Waals surface area contributed by atoms with Crippen molar-refractivity contribution in [1.82, 2.24) is 14.7 Å². The van der Waals surface area contributed by atoms with Crippen LogP contribution in [0.15, 0.2) is 12.3 Å². The molecule has 0 aliphatic carbocycles. The monoisotopic (exact) mass is 244 g/mol. The molecule has 2 N–H and O–H groups in total. The Morgan fingerprint density at radius 3 is 3.00 bits per heavy atom. The van der Waals surface area contributed by atoms with Crippen LogP contribution in [0.25, 0.3) is 0 Å². The van der Waals surface area contributed by atoms with Crippen LogP contribution in [-0.2, 0) is 7.05 Å². The first kappa shape index (κ1) is 13.0. The van der Waals surface area contributed by atoms with E-state index in [2.05, 4.69) is 5.10 Å². The van der Waals surface area contributed by atoms with E-state index in [0.29, 0.717) is 12.2 Å². The topological polar surface area (TPSA) is 64.2 Å². The molecule has 6 heteroatoms. The van der Waals surface area contributed by atoms with Gasteiger partial charge in [-0.1, -0.05) is 0 Å². The van der Waals surface area contributed by atoms with Crippen LogP contribution in [0.4, 0.5) is 0 Å². The highest BCUT2D eigenvalue weighted by molar-refractivity contribution is 5.92. The maximum Gasteiger partial charge on any atom is 0.272 e. The summed E-state index contributed by atoms with van der Waals surface area (Å²) in [6, 6.07) is 1.95. The highest BCUT2D eigenvalue weighted by Gasteiger charge is 2.29. The molecule has 5 nitrogen and oxygen atoms in total.